The molecule has 28 heavy (non-hydrogen) atoms. The highest BCUT2D eigenvalue weighted by Gasteiger charge is 2.62. The first-order valence-corrected chi connectivity index (χ1v) is 10.9. The van der Waals surface area contributed by atoms with Crippen molar-refractivity contribution in [3.63, 3.8) is 0 Å². The van der Waals surface area contributed by atoms with Crippen LogP contribution in [0.4, 0.5) is 0 Å². The van der Waals surface area contributed by atoms with Gasteiger partial charge in [-0.15, -0.1) is 0 Å². The normalized spacial score (nSPS) is 48.3. The van der Waals surface area contributed by atoms with Crippen molar-refractivity contribution < 1.29 is 24.5 Å². The molecule has 5 heteroatoms. The van der Waals surface area contributed by atoms with Crippen LogP contribution in [0.25, 0.3) is 0 Å². The van der Waals surface area contributed by atoms with E-state index in [4.69, 9.17) is 4.74 Å². The Morgan fingerprint density at radius 3 is 2.57 bits per heavy atom. The Morgan fingerprint density at radius 2 is 1.93 bits per heavy atom. The summed E-state index contributed by atoms with van der Waals surface area (Å²) in [7, 11) is 0. The number of fused-ring (bicyclic) bond motifs is 3. The highest BCUT2D eigenvalue weighted by atomic mass is 16.5. The lowest BCUT2D eigenvalue weighted by atomic mass is 9.42. The smallest absolute Gasteiger partial charge is 0.331 e. The highest BCUT2D eigenvalue weighted by Crippen LogP contribution is 2.65. The van der Waals surface area contributed by atoms with E-state index >= 15 is 0 Å². The fourth-order valence-corrected chi connectivity index (χ4v) is 7.61. The van der Waals surface area contributed by atoms with E-state index in [-0.39, 0.29) is 28.6 Å². The zero-order valence-corrected chi connectivity index (χ0v) is 17.4. The van der Waals surface area contributed by atoms with Crippen molar-refractivity contribution in [2.24, 2.45) is 34.0 Å². The second-order valence-electron chi connectivity index (χ2n) is 10.7. The molecule has 4 aliphatic rings. The summed E-state index contributed by atoms with van der Waals surface area (Å²) in [6.07, 6.45) is 8.39. The fourth-order valence-electron chi connectivity index (χ4n) is 7.61. The Hall–Kier alpha value is -1.36. The summed E-state index contributed by atoms with van der Waals surface area (Å²) in [5.41, 5.74) is 0.0915. The van der Waals surface area contributed by atoms with Crippen molar-refractivity contribution in [2.45, 2.75) is 78.2 Å². The third-order valence-electron chi connectivity index (χ3n) is 9.12. The van der Waals surface area contributed by atoms with Crippen LogP contribution in [0, 0.1) is 34.0 Å². The summed E-state index contributed by atoms with van der Waals surface area (Å²) in [5.74, 6) is -0.142. The van der Waals surface area contributed by atoms with Gasteiger partial charge in [-0.05, 0) is 86.0 Å². The standard InChI is InChI=1S/C23H34O5/c1-21(12-14-11-18(24)28-13-14)10-7-16-15(19(21)25)5-6-17-22(16,2)8-4-9-23(17,3)20(26)27/h11,15-17,19,25H,4-10,12-13H2,1-3H3,(H,26,27)/t15?,16-,17+,19-,21+,22+,23+/m0/s1. The molecule has 0 bridgehead atoms. The van der Waals surface area contributed by atoms with E-state index in [0.29, 0.717) is 18.9 Å². The average Bonchev–Trinajstić information content (AvgIpc) is 3.02. The Morgan fingerprint density at radius 1 is 1.18 bits per heavy atom. The molecule has 0 radical (unpaired) electrons. The number of rotatable bonds is 3. The monoisotopic (exact) mass is 390 g/mol. The minimum atomic E-state index is -0.652. The zero-order chi connectivity index (χ0) is 20.3. The predicted octanol–water partition coefficient (Wildman–Crippen LogP) is 3.94. The van der Waals surface area contributed by atoms with Gasteiger partial charge in [0.1, 0.15) is 6.61 Å². The van der Waals surface area contributed by atoms with Gasteiger partial charge in [0.05, 0.1) is 11.5 Å². The average molecular weight is 391 g/mol. The van der Waals surface area contributed by atoms with Crippen molar-refractivity contribution in [2.75, 3.05) is 6.61 Å². The predicted molar refractivity (Wildman–Crippen MR) is 104 cm³/mol. The van der Waals surface area contributed by atoms with Crippen molar-refractivity contribution in [1.29, 1.82) is 0 Å². The van der Waals surface area contributed by atoms with E-state index in [9.17, 15) is 19.8 Å². The number of hydrogen-bond acceptors (Lipinski definition) is 4. The third-order valence-corrected chi connectivity index (χ3v) is 9.12. The molecule has 0 aromatic carbocycles. The summed E-state index contributed by atoms with van der Waals surface area (Å²) in [4.78, 5) is 23.5. The number of esters is 1. The topological polar surface area (TPSA) is 83.8 Å². The van der Waals surface area contributed by atoms with Crippen LogP contribution in [0.5, 0.6) is 0 Å². The summed E-state index contributed by atoms with van der Waals surface area (Å²) in [6, 6.07) is 0. The van der Waals surface area contributed by atoms with Crippen LogP contribution < -0.4 is 0 Å². The van der Waals surface area contributed by atoms with E-state index in [1.807, 2.05) is 6.92 Å². The molecular formula is C23H34O5. The first-order chi connectivity index (χ1) is 13.1. The Balaban J connectivity index is 1.58. The quantitative estimate of drug-likeness (QED) is 0.713. The molecule has 1 aliphatic heterocycles. The zero-order valence-electron chi connectivity index (χ0n) is 17.4. The first-order valence-electron chi connectivity index (χ1n) is 10.9. The van der Waals surface area contributed by atoms with Gasteiger partial charge in [-0.1, -0.05) is 20.3 Å². The minimum absolute atomic E-state index is 0.0116. The van der Waals surface area contributed by atoms with E-state index < -0.39 is 17.5 Å². The van der Waals surface area contributed by atoms with Crippen LogP contribution in [0.2, 0.25) is 0 Å². The molecule has 4 rings (SSSR count). The summed E-state index contributed by atoms with van der Waals surface area (Å²) in [6.45, 7) is 6.75. The molecule has 0 aromatic heterocycles. The maximum atomic E-state index is 12.1. The second kappa shape index (κ2) is 6.58. The molecule has 1 heterocycles. The number of ether oxygens (including phenoxy) is 1. The summed E-state index contributed by atoms with van der Waals surface area (Å²) < 4.78 is 5.06. The van der Waals surface area contributed by atoms with Crippen LogP contribution >= 0.6 is 0 Å². The van der Waals surface area contributed by atoms with Gasteiger partial charge in [-0.25, -0.2) is 4.79 Å². The van der Waals surface area contributed by atoms with Gasteiger partial charge in [0.15, 0.2) is 0 Å². The van der Waals surface area contributed by atoms with Crippen molar-refractivity contribution >= 4 is 11.9 Å². The number of carboxylic acids is 1. The van der Waals surface area contributed by atoms with Crippen LogP contribution in [-0.2, 0) is 14.3 Å². The Labute approximate surface area is 167 Å². The number of carbonyl (C=O) groups excluding carboxylic acids is 1. The van der Waals surface area contributed by atoms with Crippen molar-refractivity contribution in [3.05, 3.63) is 11.6 Å². The maximum Gasteiger partial charge on any atom is 0.331 e. The second-order valence-corrected chi connectivity index (χ2v) is 10.7. The van der Waals surface area contributed by atoms with Crippen LogP contribution in [0.1, 0.15) is 72.1 Å². The molecule has 2 N–H and O–H groups in total. The molecule has 5 nitrogen and oxygen atoms in total. The minimum Gasteiger partial charge on any atom is -0.481 e. The number of aliphatic hydroxyl groups excluding tert-OH is 1. The van der Waals surface area contributed by atoms with E-state index in [0.717, 1.165) is 50.5 Å². The summed E-state index contributed by atoms with van der Waals surface area (Å²) in [5, 5.41) is 21.4. The lowest BCUT2D eigenvalue weighted by Crippen LogP contribution is -2.59. The Kier molecular flexibility index (Phi) is 4.68. The highest BCUT2D eigenvalue weighted by molar-refractivity contribution is 5.85. The SMILES string of the molecule is C[C@]1(CC2=CC(=O)OC2)CC[C@H]2C(CC[C@@H]3[C@]2(C)CCC[C@@]3(C)C(=O)O)[C@@H]1O. The number of cyclic esters (lactones) is 1. The maximum absolute atomic E-state index is 12.1. The van der Waals surface area contributed by atoms with E-state index in [1.165, 1.54) is 0 Å². The molecule has 0 spiro atoms. The van der Waals surface area contributed by atoms with E-state index in [2.05, 4.69) is 13.8 Å². The van der Waals surface area contributed by atoms with Gasteiger partial charge in [-0.3, -0.25) is 4.79 Å². The van der Waals surface area contributed by atoms with Gasteiger partial charge in [0, 0.05) is 6.08 Å². The largest absolute Gasteiger partial charge is 0.481 e. The molecule has 156 valence electrons. The number of aliphatic hydroxyl groups is 1. The molecule has 7 atom stereocenters. The number of carbonyl (C=O) groups is 2. The number of carboxylic acid groups (broad SMARTS) is 1. The number of hydrogen-bond donors (Lipinski definition) is 2. The van der Waals surface area contributed by atoms with Gasteiger partial charge in [0.2, 0.25) is 0 Å². The lowest BCUT2D eigenvalue weighted by molar-refractivity contribution is -0.188. The van der Waals surface area contributed by atoms with Gasteiger partial charge >= 0.3 is 11.9 Å². The molecule has 0 saturated heterocycles. The van der Waals surface area contributed by atoms with Gasteiger partial charge in [0.25, 0.3) is 0 Å². The number of aliphatic carboxylic acids is 1. The molecular weight excluding hydrogens is 356 g/mol. The molecule has 0 amide bonds. The van der Waals surface area contributed by atoms with Crippen LogP contribution in [0.15, 0.2) is 11.6 Å². The van der Waals surface area contributed by atoms with Gasteiger partial charge < -0.3 is 14.9 Å². The molecule has 3 saturated carbocycles. The molecule has 1 unspecified atom stereocenters. The fraction of sp³-hybridized carbons (Fsp3) is 0.826. The van der Waals surface area contributed by atoms with Crippen LogP contribution in [0.3, 0.4) is 0 Å². The summed E-state index contributed by atoms with van der Waals surface area (Å²) >= 11 is 0. The van der Waals surface area contributed by atoms with Crippen molar-refractivity contribution in [1.82, 2.24) is 0 Å². The van der Waals surface area contributed by atoms with Crippen molar-refractivity contribution in [3.8, 4) is 0 Å². The van der Waals surface area contributed by atoms with Crippen LogP contribution in [-0.4, -0.2) is 34.9 Å². The lowest BCUT2D eigenvalue weighted by Gasteiger charge is -2.62. The first kappa shape index (κ1) is 19.9. The molecule has 3 aliphatic carbocycles. The van der Waals surface area contributed by atoms with Gasteiger partial charge in [-0.2, -0.15) is 0 Å². The third kappa shape index (κ3) is 2.84. The molecule has 0 aromatic rings. The van der Waals surface area contributed by atoms with E-state index in [1.54, 1.807) is 6.08 Å². The Bertz CT molecular complexity index is 714. The molecule has 3 fully saturated rings.